The maximum Gasteiger partial charge on any atom is 0.233 e. The number of carbonyl (C=O) groups is 2. The number of likely N-dealkylation sites (tertiary alicyclic amines) is 1. The Bertz CT molecular complexity index is 606. The number of imidazole rings is 1. The number of hydrogen-bond acceptors (Lipinski definition) is 5. The number of nitrogens with zero attached hydrogens (tertiary/aromatic N) is 4. The van der Waals surface area contributed by atoms with Crippen LogP contribution in [0, 0.1) is 0 Å². The van der Waals surface area contributed by atoms with Crippen LogP contribution in [0.2, 0.25) is 0 Å². The van der Waals surface area contributed by atoms with Crippen molar-refractivity contribution < 1.29 is 9.59 Å². The second kappa shape index (κ2) is 10.2. The number of rotatable bonds is 5. The van der Waals surface area contributed by atoms with Crippen molar-refractivity contribution in [2.45, 2.75) is 25.3 Å². The topological polar surface area (TPSA) is 70.5 Å². The van der Waals surface area contributed by atoms with E-state index >= 15 is 0 Å². The molecule has 2 amide bonds. The molecule has 0 saturated carbocycles. The fraction of sp³-hybridized carbons (Fsp3) is 0.706. The number of hydrogen-bond donors (Lipinski definition) is 1. The second-order valence-corrected chi connectivity index (χ2v) is 7.62. The molecule has 3 heterocycles. The number of halogens is 1. The van der Waals surface area contributed by atoms with Crippen LogP contribution < -0.4 is 5.32 Å². The third-order valence-electron chi connectivity index (χ3n) is 4.88. The first kappa shape index (κ1) is 21.1. The molecule has 146 valence electrons. The molecule has 2 saturated heterocycles. The van der Waals surface area contributed by atoms with Gasteiger partial charge >= 0.3 is 0 Å². The lowest BCUT2D eigenvalue weighted by molar-refractivity contribution is -0.131. The summed E-state index contributed by atoms with van der Waals surface area (Å²) in [5.74, 6) is 1.89. The van der Waals surface area contributed by atoms with Crippen molar-refractivity contribution >= 4 is 36.0 Å². The van der Waals surface area contributed by atoms with Crippen molar-refractivity contribution in [2.24, 2.45) is 7.05 Å². The van der Waals surface area contributed by atoms with Crippen molar-refractivity contribution in [1.82, 2.24) is 24.7 Å². The molecule has 9 heteroatoms. The van der Waals surface area contributed by atoms with E-state index in [9.17, 15) is 9.59 Å². The molecule has 1 atom stereocenters. The molecule has 2 aliphatic heterocycles. The highest BCUT2D eigenvalue weighted by Gasteiger charge is 2.30. The largest absolute Gasteiger partial charge is 0.342 e. The van der Waals surface area contributed by atoms with E-state index in [1.165, 1.54) is 18.2 Å². The van der Waals surface area contributed by atoms with E-state index in [1.54, 1.807) is 6.20 Å². The third-order valence-corrected chi connectivity index (χ3v) is 5.78. The van der Waals surface area contributed by atoms with Crippen LogP contribution in [0.3, 0.4) is 0 Å². The number of nitrogens with one attached hydrogen (secondary N) is 1. The lowest BCUT2D eigenvalue weighted by Gasteiger charge is -2.35. The van der Waals surface area contributed by atoms with E-state index in [4.69, 9.17) is 0 Å². The molecule has 7 nitrogen and oxygen atoms in total. The minimum Gasteiger partial charge on any atom is -0.342 e. The number of aryl methyl sites for hydroxylation is 1. The Kier molecular flexibility index (Phi) is 8.24. The Morgan fingerprint density at radius 3 is 2.62 bits per heavy atom. The summed E-state index contributed by atoms with van der Waals surface area (Å²) in [5.41, 5.74) is 0. The van der Waals surface area contributed by atoms with Crippen LogP contribution in [0.15, 0.2) is 12.4 Å². The SMILES string of the molecule is Cl.Cn1ccnc1C1CNCCN1C(=O)CSCC(=O)N1CCCCC1. The van der Waals surface area contributed by atoms with E-state index in [-0.39, 0.29) is 30.3 Å². The Balaban J connectivity index is 0.00000243. The van der Waals surface area contributed by atoms with E-state index < -0.39 is 0 Å². The highest BCUT2D eigenvalue weighted by molar-refractivity contribution is 8.00. The second-order valence-electron chi connectivity index (χ2n) is 6.64. The van der Waals surface area contributed by atoms with Gasteiger partial charge in [-0.15, -0.1) is 24.2 Å². The predicted octanol–water partition coefficient (Wildman–Crippen LogP) is 1.06. The first-order valence-electron chi connectivity index (χ1n) is 8.99. The summed E-state index contributed by atoms with van der Waals surface area (Å²) < 4.78 is 1.96. The summed E-state index contributed by atoms with van der Waals surface area (Å²) in [6, 6.07) is -0.0420. The van der Waals surface area contributed by atoms with E-state index in [0.717, 1.165) is 38.3 Å². The Morgan fingerprint density at radius 1 is 1.19 bits per heavy atom. The summed E-state index contributed by atoms with van der Waals surface area (Å²) >= 11 is 1.43. The molecule has 0 aromatic carbocycles. The van der Waals surface area contributed by atoms with Gasteiger partial charge in [-0.1, -0.05) is 0 Å². The summed E-state index contributed by atoms with van der Waals surface area (Å²) in [6.07, 6.45) is 7.08. The number of piperidine rings is 1. The molecular formula is C17H28ClN5O2S. The molecule has 2 fully saturated rings. The van der Waals surface area contributed by atoms with Gasteiger partial charge in [0, 0.05) is 52.2 Å². The van der Waals surface area contributed by atoms with Gasteiger partial charge in [-0.05, 0) is 19.3 Å². The summed E-state index contributed by atoms with van der Waals surface area (Å²) in [4.78, 5) is 33.1. The van der Waals surface area contributed by atoms with Gasteiger partial charge in [-0.25, -0.2) is 4.98 Å². The molecule has 0 bridgehead atoms. The fourth-order valence-electron chi connectivity index (χ4n) is 3.47. The quantitative estimate of drug-likeness (QED) is 0.798. The van der Waals surface area contributed by atoms with Gasteiger partial charge in [0.05, 0.1) is 11.5 Å². The zero-order valence-corrected chi connectivity index (χ0v) is 16.9. The highest BCUT2D eigenvalue weighted by Crippen LogP contribution is 2.21. The van der Waals surface area contributed by atoms with Crippen LogP contribution in [0.5, 0.6) is 0 Å². The molecule has 26 heavy (non-hydrogen) atoms. The molecule has 1 aromatic heterocycles. The molecule has 0 aliphatic carbocycles. The predicted molar refractivity (Wildman–Crippen MR) is 106 cm³/mol. The normalized spacial score (nSPS) is 20.6. The summed E-state index contributed by atoms with van der Waals surface area (Å²) in [7, 11) is 1.95. The third kappa shape index (κ3) is 5.14. The van der Waals surface area contributed by atoms with Gasteiger partial charge in [0.1, 0.15) is 11.9 Å². The van der Waals surface area contributed by atoms with Crippen LogP contribution in [0.4, 0.5) is 0 Å². The number of piperazine rings is 1. The molecule has 2 aliphatic rings. The lowest BCUT2D eigenvalue weighted by Crippen LogP contribution is -2.50. The maximum atomic E-state index is 12.7. The number of aromatic nitrogens is 2. The maximum absolute atomic E-state index is 12.7. The first-order chi connectivity index (χ1) is 12.2. The standard InChI is InChI=1S/C17H27N5O2S.ClH/c1-20-9-6-19-17(20)14-11-18-5-10-22(14)16(24)13-25-12-15(23)21-7-3-2-4-8-21;/h6,9,14,18H,2-5,7-8,10-13H2,1H3;1H. The Hall–Kier alpha value is -1.25. The first-order valence-corrected chi connectivity index (χ1v) is 10.1. The summed E-state index contributed by atoms with van der Waals surface area (Å²) in [6.45, 7) is 3.92. The van der Waals surface area contributed by atoms with Crippen molar-refractivity contribution in [3.05, 3.63) is 18.2 Å². The van der Waals surface area contributed by atoms with E-state index in [0.29, 0.717) is 24.6 Å². The molecule has 3 rings (SSSR count). The van der Waals surface area contributed by atoms with Crippen molar-refractivity contribution in [2.75, 3.05) is 44.2 Å². The van der Waals surface area contributed by atoms with Gasteiger partial charge in [0.25, 0.3) is 0 Å². The Labute approximate surface area is 165 Å². The van der Waals surface area contributed by atoms with Crippen LogP contribution >= 0.6 is 24.2 Å². The average Bonchev–Trinajstić information content (AvgIpc) is 3.08. The van der Waals surface area contributed by atoms with Gasteiger partial charge in [0.15, 0.2) is 0 Å². The Morgan fingerprint density at radius 2 is 1.92 bits per heavy atom. The average molecular weight is 402 g/mol. The molecule has 0 radical (unpaired) electrons. The number of amides is 2. The van der Waals surface area contributed by atoms with Crippen molar-refractivity contribution in [1.29, 1.82) is 0 Å². The van der Waals surface area contributed by atoms with Crippen molar-refractivity contribution in [3.8, 4) is 0 Å². The minimum absolute atomic E-state index is 0. The smallest absolute Gasteiger partial charge is 0.233 e. The molecule has 1 N–H and O–H groups in total. The van der Waals surface area contributed by atoms with Crippen molar-refractivity contribution in [3.63, 3.8) is 0 Å². The zero-order chi connectivity index (χ0) is 17.6. The highest BCUT2D eigenvalue weighted by atomic mass is 35.5. The fourth-order valence-corrected chi connectivity index (χ4v) is 4.27. The van der Waals surface area contributed by atoms with Crippen LogP contribution in [0.1, 0.15) is 31.1 Å². The van der Waals surface area contributed by atoms with Gasteiger partial charge < -0.3 is 19.7 Å². The number of thioether (sulfide) groups is 1. The van der Waals surface area contributed by atoms with E-state index in [2.05, 4.69) is 10.3 Å². The van der Waals surface area contributed by atoms with Gasteiger partial charge in [-0.3, -0.25) is 9.59 Å². The van der Waals surface area contributed by atoms with Crippen LogP contribution in [-0.2, 0) is 16.6 Å². The molecular weight excluding hydrogens is 374 g/mol. The monoisotopic (exact) mass is 401 g/mol. The summed E-state index contributed by atoms with van der Waals surface area (Å²) in [5, 5.41) is 3.34. The number of carbonyl (C=O) groups excluding carboxylic acids is 2. The zero-order valence-electron chi connectivity index (χ0n) is 15.2. The van der Waals surface area contributed by atoms with E-state index in [1.807, 2.05) is 27.6 Å². The molecule has 1 unspecified atom stereocenters. The van der Waals surface area contributed by atoms with Gasteiger partial charge in [0.2, 0.25) is 11.8 Å². The minimum atomic E-state index is -0.0420. The molecule has 0 spiro atoms. The van der Waals surface area contributed by atoms with Crippen LogP contribution in [0.25, 0.3) is 0 Å². The van der Waals surface area contributed by atoms with Gasteiger partial charge in [-0.2, -0.15) is 0 Å². The molecule has 1 aromatic rings. The lowest BCUT2D eigenvalue weighted by atomic mass is 10.1. The van der Waals surface area contributed by atoms with Crippen LogP contribution in [-0.4, -0.2) is 75.4 Å².